The quantitative estimate of drug-likeness (QED) is 0.582. The molecule has 6 rings (SSSR count). The Kier molecular flexibility index (Phi) is 4.06. The summed E-state index contributed by atoms with van der Waals surface area (Å²) >= 11 is 0. The van der Waals surface area contributed by atoms with Crippen molar-refractivity contribution in [3.8, 4) is 11.5 Å². The van der Waals surface area contributed by atoms with Gasteiger partial charge in [-0.25, -0.2) is 4.90 Å². The lowest BCUT2D eigenvalue weighted by Crippen LogP contribution is -2.53. The highest BCUT2D eigenvalue weighted by atomic mass is 16.7. The molecular weight excluding hydrogens is 428 g/mol. The highest BCUT2D eigenvalue weighted by molar-refractivity contribution is 6.25. The van der Waals surface area contributed by atoms with Crippen molar-refractivity contribution < 1.29 is 28.7 Å². The molecule has 2 aromatic rings. The number of hydrogen-bond donors (Lipinski definition) is 3. The van der Waals surface area contributed by atoms with E-state index in [1.807, 2.05) is 0 Å². The van der Waals surface area contributed by atoms with Gasteiger partial charge in [-0.3, -0.25) is 24.5 Å². The molecule has 4 amide bonds. The molecule has 4 aliphatic heterocycles. The van der Waals surface area contributed by atoms with E-state index in [4.69, 9.17) is 15.2 Å². The van der Waals surface area contributed by atoms with Gasteiger partial charge in [-0.2, -0.15) is 0 Å². The van der Waals surface area contributed by atoms with Crippen molar-refractivity contribution in [2.75, 3.05) is 17.0 Å². The summed E-state index contributed by atoms with van der Waals surface area (Å²) in [4.78, 5) is 53.4. The van der Waals surface area contributed by atoms with E-state index in [-0.39, 0.29) is 19.6 Å². The fourth-order valence-electron chi connectivity index (χ4n) is 5.58. The first-order valence-electron chi connectivity index (χ1n) is 10.7. The number of benzene rings is 2. The van der Waals surface area contributed by atoms with Gasteiger partial charge in [-0.15, -0.1) is 0 Å². The summed E-state index contributed by atoms with van der Waals surface area (Å²) in [6.45, 7) is 0.0606. The zero-order valence-corrected chi connectivity index (χ0v) is 17.4. The molecule has 0 bridgehead atoms. The number of fused-ring (bicyclic) bond motifs is 5. The van der Waals surface area contributed by atoms with E-state index in [2.05, 4.69) is 10.6 Å². The van der Waals surface area contributed by atoms with Crippen LogP contribution in [-0.2, 0) is 24.7 Å². The molecule has 4 aliphatic rings. The molecule has 4 N–H and O–H groups in total. The summed E-state index contributed by atoms with van der Waals surface area (Å²) in [6.07, 6.45) is 0.243. The van der Waals surface area contributed by atoms with Crippen LogP contribution in [0.25, 0.3) is 0 Å². The SMILES string of the molecule is NC(=O)CC[C@@H]1N[C@@]2(C(=O)Nc3ccccc32)[C@H]2C(=O)N(c3ccc4c(c3)OCO4)C(=O)[C@H]12. The van der Waals surface area contributed by atoms with E-state index in [0.717, 1.165) is 4.90 Å². The Morgan fingerprint density at radius 3 is 2.70 bits per heavy atom. The lowest BCUT2D eigenvalue weighted by atomic mass is 9.76. The predicted octanol–water partition coefficient (Wildman–Crippen LogP) is 0.606. The van der Waals surface area contributed by atoms with Gasteiger partial charge in [0.2, 0.25) is 30.4 Å². The number of anilines is 2. The number of hydrogen-bond acceptors (Lipinski definition) is 7. The number of rotatable bonds is 4. The molecule has 0 radical (unpaired) electrons. The highest BCUT2D eigenvalue weighted by Gasteiger charge is 2.70. The molecular formula is C23H20N4O6. The lowest BCUT2D eigenvalue weighted by molar-refractivity contribution is -0.130. The molecule has 33 heavy (non-hydrogen) atoms. The number of carbonyl (C=O) groups is 4. The second-order valence-corrected chi connectivity index (χ2v) is 8.62. The largest absolute Gasteiger partial charge is 0.454 e. The number of ether oxygens (including phenoxy) is 2. The molecule has 1 spiro atoms. The maximum Gasteiger partial charge on any atom is 0.250 e. The molecule has 2 fully saturated rings. The molecule has 2 saturated heterocycles. The Morgan fingerprint density at radius 1 is 1.09 bits per heavy atom. The highest BCUT2D eigenvalue weighted by Crippen LogP contribution is 2.54. The van der Waals surface area contributed by atoms with E-state index in [0.29, 0.717) is 28.4 Å². The number of nitrogens with zero attached hydrogens (tertiary/aromatic N) is 1. The van der Waals surface area contributed by atoms with Crippen molar-refractivity contribution in [1.82, 2.24) is 5.32 Å². The van der Waals surface area contributed by atoms with Crippen LogP contribution in [0.2, 0.25) is 0 Å². The van der Waals surface area contributed by atoms with Crippen molar-refractivity contribution in [2.24, 2.45) is 17.6 Å². The number of nitrogens with two attached hydrogens (primary N) is 1. The van der Waals surface area contributed by atoms with Crippen LogP contribution < -0.4 is 30.7 Å². The average molecular weight is 448 g/mol. The van der Waals surface area contributed by atoms with Gasteiger partial charge in [-0.05, 0) is 24.6 Å². The molecule has 0 saturated carbocycles. The number of para-hydroxylation sites is 1. The normalized spacial score (nSPS) is 28.9. The maximum atomic E-state index is 13.8. The van der Waals surface area contributed by atoms with E-state index >= 15 is 0 Å². The van der Waals surface area contributed by atoms with Gasteiger partial charge in [0.05, 0.1) is 17.5 Å². The Balaban J connectivity index is 1.47. The van der Waals surface area contributed by atoms with Crippen molar-refractivity contribution in [2.45, 2.75) is 24.4 Å². The summed E-state index contributed by atoms with van der Waals surface area (Å²) in [6, 6.07) is 11.4. The number of carbonyl (C=O) groups excluding carboxylic acids is 4. The van der Waals surface area contributed by atoms with E-state index in [1.54, 1.807) is 42.5 Å². The Bertz CT molecular complexity index is 1250. The molecule has 2 aromatic carbocycles. The van der Waals surface area contributed by atoms with Crippen molar-refractivity contribution in [3.63, 3.8) is 0 Å². The van der Waals surface area contributed by atoms with E-state index < -0.39 is 47.0 Å². The Morgan fingerprint density at radius 2 is 1.88 bits per heavy atom. The molecule has 168 valence electrons. The van der Waals surface area contributed by atoms with Gasteiger partial charge in [0.1, 0.15) is 5.54 Å². The second kappa shape index (κ2) is 6.79. The monoisotopic (exact) mass is 448 g/mol. The molecule has 0 aliphatic carbocycles. The van der Waals surface area contributed by atoms with Crippen LogP contribution >= 0.6 is 0 Å². The zero-order chi connectivity index (χ0) is 22.9. The van der Waals surface area contributed by atoms with Gasteiger partial charge < -0.3 is 20.5 Å². The van der Waals surface area contributed by atoms with Crippen molar-refractivity contribution in [1.29, 1.82) is 0 Å². The van der Waals surface area contributed by atoms with Crippen LogP contribution in [0.5, 0.6) is 11.5 Å². The summed E-state index contributed by atoms with van der Waals surface area (Å²) in [5.74, 6) is -2.67. The molecule has 4 heterocycles. The summed E-state index contributed by atoms with van der Waals surface area (Å²) < 4.78 is 10.7. The van der Waals surface area contributed by atoms with Gasteiger partial charge in [0, 0.05) is 29.8 Å². The average Bonchev–Trinajstić information content (AvgIpc) is 3.52. The number of primary amides is 1. The number of amides is 4. The molecule has 10 nitrogen and oxygen atoms in total. The minimum absolute atomic E-state index is 0.0196. The fraction of sp³-hybridized carbons (Fsp3) is 0.304. The van der Waals surface area contributed by atoms with E-state index in [9.17, 15) is 19.2 Å². The molecule has 0 aromatic heterocycles. The second-order valence-electron chi connectivity index (χ2n) is 8.62. The zero-order valence-electron chi connectivity index (χ0n) is 17.4. The lowest BCUT2D eigenvalue weighted by Gasteiger charge is -2.29. The van der Waals surface area contributed by atoms with Crippen LogP contribution in [0.15, 0.2) is 42.5 Å². The third-order valence-corrected chi connectivity index (χ3v) is 6.94. The minimum atomic E-state index is -1.42. The summed E-state index contributed by atoms with van der Waals surface area (Å²) in [5, 5.41) is 6.11. The van der Waals surface area contributed by atoms with Gasteiger partial charge >= 0.3 is 0 Å². The molecule has 0 unspecified atom stereocenters. The summed E-state index contributed by atoms with van der Waals surface area (Å²) in [7, 11) is 0. The number of nitrogens with one attached hydrogen (secondary N) is 2. The third kappa shape index (κ3) is 2.58. The fourth-order valence-corrected chi connectivity index (χ4v) is 5.58. The van der Waals surface area contributed by atoms with Gasteiger partial charge in [0.15, 0.2) is 11.5 Å². The standard InChI is InChI=1S/C23H20N4O6/c24-17(28)8-6-14-18-19(23(26-14)12-3-1-2-4-13(12)25-22(23)31)21(30)27(20(18)29)11-5-7-15-16(9-11)33-10-32-15/h1-5,7,9,14,18-19,26H,6,8,10H2,(H2,24,28)(H,25,31)/t14-,18+,19+,23+/m0/s1. The van der Waals surface area contributed by atoms with Crippen LogP contribution in [0.4, 0.5) is 11.4 Å². The minimum Gasteiger partial charge on any atom is -0.454 e. The topological polar surface area (TPSA) is 140 Å². The first-order chi connectivity index (χ1) is 15.9. The van der Waals surface area contributed by atoms with E-state index in [1.165, 1.54) is 0 Å². The molecule has 4 atom stereocenters. The Labute approximate surface area is 188 Å². The smallest absolute Gasteiger partial charge is 0.250 e. The van der Waals surface area contributed by atoms with Crippen LogP contribution in [0.3, 0.4) is 0 Å². The third-order valence-electron chi connectivity index (χ3n) is 6.94. The molecule has 10 heteroatoms. The van der Waals surface area contributed by atoms with Crippen LogP contribution in [0.1, 0.15) is 18.4 Å². The predicted molar refractivity (Wildman–Crippen MR) is 114 cm³/mol. The van der Waals surface area contributed by atoms with Crippen LogP contribution in [-0.4, -0.2) is 36.5 Å². The van der Waals surface area contributed by atoms with Crippen molar-refractivity contribution in [3.05, 3.63) is 48.0 Å². The first kappa shape index (κ1) is 19.7. The summed E-state index contributed by atoms with van der Waals surface area (Å²) in [5.41, 5.74) is 5.49. The first-order valence-corrected chi connectivity index (χ1v) is 10.7. The van der Waals surface area contributed by atoms with Crippen molar-refractivity contribution >= 4 is 35.0 Å². The maximum absolute atomic E-state index is 13.8. The van der Waals surface area contributed by atoms with Gasteiger partial charge in [0.25, 0.3) is 0 Å². The van der Waals surface area contributed by atoms with Gasteiger partial charge in [-0.1, -0.05) is 18.2 Å². The Hall–Kier alpha value is -3.92. The van der Waals surface area contributed by atoms with Crippen LogP contribution in [0, 0.1) is 11.8 Å². The number of imide groups is 1.